The summed E-state index contributed by atoms with van der Waals surface area (Å²) in [4.78, 5) is 13.2. The minimum atomic E-state index is 0.0694. The number of benzene rings is 1. The molecular weight excluding hydrogens is 322 g/mol. The molecule has 1 N–H and O–H groups in total. The quantitative estimate of drug-likeness (QED) is 0.886. The molecule has 1 amide bonds. The fourth-order valence-electron chi connectivity index (χ4n) is 3.63. The molecule has 0 bridgehead atoms. The minimum absolute atomic E-state index is 0.0694. The topological polar surface area (TPSA) is 47.6 Å². The highest BCUT2D eigenvalue weighted by Gasteiger charge is 2.28. The van der Waals surface area contributed by atoms with E-state index in [1.165, 1.54) is 17.7 Å². The molecule has 0 radical (unpaired) electrons. The van der Waals surface area contributed by atoms with Gasteiger partial charge in [0.05, 0.1) is 18.9 Å². The van der Waals surface area contributed by atoms with Gasteiger partial charge in [-0.2, -0.15) is 0 Å². The van der Waals surface area contributed by atoms with Crippen LogP contribution in [0.1, 0.15) is 48.5 Å². The van der Waals surface area contributed by atoms with Gasteiger partial charge in [0.1, 0.15) is 0 Å². The summed E-state index contributed by atoms with van der Waals surface area (Å²) in [5.41, 5.74) is 2.05. The van der Waals surface area contributed by atoms with Crippen molar-refractivity contribution in [2.24, 2.45) is 0 Å². The zero-order chi connectivity index (χ0) is 16.5. The maximum Gasteiger partial charge on any atom is 0.225 e. The molecule has 0 unspecified atom stereocenters. The highest BCUT2D eigenvalue weighted by Crippen LogP contribution is 2.43. The van der Waals surface area contributed by atoms with Gasteiger partial charge >= 0.3 is 0 Å². The average molecular weight is 343 g/mol. The van der Waals surface area contributed by atoms with Gasteiger partial charge in [-0.1, -0.05) is 6.07 Å². The number of fused-ring (bicyclic) bond motifs is 1. The predicted octanol–water partition coefficient (Wildman–Crippen LogP) is 4.55. The van der Waals surface area contributed by atoms with E-state index in [0.29, 0.717) is 6.42 Å². The van der Waals surface area contributed by atoms with Crippen LogP contribution < -0.4 is 14.8 Å². The Morgan fingerprint density at radius 2 is 2.00 bits per heavy atom. The molecule has 5 heteroatoms. The fourth-order valence-corrected chi connectivity index (χ4v) is 4.61. The lowest BCUT2D eigenvalue weighted by Gasteiger charge is -2.24. The van der Waals surface area contributed by atoms with E-state index in [1.807, 2.05) is 23.6 Å². The normalized spacial score (nSPS) is 20.5. The summed E-state index contributed by atoms with van der Waals surface area (Å²) in [5.74, 6) is 1.72. The van der Waals surface area contributed by atoms with Crippen LogP contribution >= 0.6 is 11.3 Å². The number of thiophene rings is 1. The molecule has 2 heterocycles. The summed E-state index contributed by atoms with van der Waals surface area (Å²) in [7, 11) is 1.67. The van der Waals surface area contributed by atoms with E-state index in [2.05, 4.69) is 11.4 Å². The van der Waals surface area contributed by atoms with E-state index in [9.17, 15) is 4.79 Å². The van der Waals surface area contributed by atoms with Crippen LogP contribution in [0.5, 0.6) is 11.5 Å². The molecule has 0 spiro atoms. The Morgan fingerprint density at radius 1 is 1.17 bits per heavy atom. The van der Waals surface area contributed by atoms with Crippen LogP contribution in [0.4, 0.5) is 5.69 Å². The van der Waals surface area contributed by atoms with Crippen molar-refractivity contribution in [2.45, 2.75) is 44.1 Å². The number of hydrogen-bond donors (Lipinski definition) is 1. The van der Waals surface area contributed by atoms with Crippen LogP contribution in [0.3, 0.4) is 0 Å². The highest BCUT2D eigenvalue weighted by molar-refractivity contribution is 7.10. The lowest BCUT2D eigenvalue weighted by atomic mass is 9.90. The third-order valence-corrected chi connectivity index (χ3v) is 5.89. The van der Waals surface area contributed by atoms with Gasteiger partial charge in [-0.3, -0.25) is 4.79 Å². The molecule has 1 atom stereocenters. The molecule has 2 aliphatic rings. The first-order valence-corrected chi connectivity index (χ1v) is 9.34. The Kier molecular flexibility index (Phi) is 4.19. The fraction of sp³-hybridized carbons (Fsp3) is 0.421. The Balaban J connectivity index is 1.67. The van der Waals surface area contributed by atoms with Crippen molar-refractivity contribution < 1.29 is 14.3 Å². The molecule has 126 valence electrons. The third-order valence-electron chi connectivity index (χ3n) is 4.86. The summed E-state index contributed by atoms with van der Waals surface area (Å²) < 4.78 is 11.7. The lowest BCUT2D eigenvalue weighted by Crippen LogP contribution is -2.22. The molecule has 4 rings (SSSR count). The smallest absolute Gasteiger partial charge is 0.225 e. The standard InChI is InChI=1S/C19H21NO3S/c1-22-16-7-6-12(10-17(16)23-13-4-2-3-5-13)14-11-18(21)20-15-8-9-24-19(14)15/h6-10,13-14H,2-5,11H2,1H3,(H,20,21)/t14-/m1/s1. The van der Waals surface area contributed by atoms with Crippen LogP contribution in [0.25, 0.3) is 0 Å². The first kappa shape index (κ1) is 15.5. The number of hydrogen-bond acceptors (Lipinski definition) is 4. The monoisotopic (exact) mass is 343 g/mol. The van der Waals surface area contributed by atoms with Gasteiger partial charge in [-0.05, 0) is 54.8 Å². The number of amides is 1. The van der Waals surface area contributed by atoms with Gasteiger partial charge in [0.25, 0.3) is 0 Å². The summed E-state index contributed by atoms with van der Waals surface area (Å²) in [5, 5.41) is 4.98. The molecule has 1 saturated carbocycles. The molecule has 1 aliphatic heterocycles. The summed E-state index contributed by atoms with van der Waals surface area (Å²) in [6.07, 6.45) is 5.42. The maximum atomic E-state index is 12.0. The molecule has 2 aromatic rings. The minimum Gasteiger partial charge on any atom is -0.493 e. The first-order chi connectivity index (χ1) is 11.7. The SMILES string of the molecule is COc1ccc([C@H]2CC(=O)Nc3ccsc32)cc1OC1CCCC1. The van der Waals surface area contributed by atoms with Gasteiger partial charge in [0.15, 0.2) is 11.5 Å². The number of methoxy groups -OCH3 is 1. The molecule has 1 aliphatic carbocycles. The zero-order valence-electron chi connectivity index (χ0n) is 13.7. The summed E-state index contributed by atoms with van der Waals surface area (Å²) in [6, 6.07) is 8.04. The molecule has 4 nitrogen and oxygen atoms in total. The maximum absolute atomic E-state index is 12.0. The van der Waals surface area contributed by atoms with Gasteiger partial charge in [0.2, 0.25) is 5.91 Å². The largest absolute Gasteiger partial charge is 0.493 e. The highest BCUT2D eigenvalue weighted by atomic mass is 32.1. The van der Waals surface area contributed by atoms with E-state index in [0.717, 1.165) is 35.6 Å². The van der Waals surface area contributed by atoms with Crippen molar-refractivity contribution in [2.75, 3.05) is 12.4 Å². The molecular formula is C19H21NO3S. The number of nitrogens with one attached hydrogen (secondary N) is 1. The van der Waals surface area contributed by atoms with Gasteiger partial charge < -0.3 is 14.8 Å². The van der Waals surface area contributed by atoms with Crippen LogP contribution in [-0.4, -0.2) is 19.1 Å². The molecule has 24 heavy (non-hydrogen) atoms. The van der Waals surface area contributed by atoms with Gasteiger partial charge in [-0.25, -0.2) is 0 Å². The van der Waals surface area contributed by atoms with Crippen molar-refractivity contribution in [1.82, 2.24) is 0 Å². The lowest BCUT2D eigenvalue weighted by molar-refractivity contribution is -0.116. The summed E-state index contributed by atoms with van der Waals surface area (Å²) in [6.45, 7) is 0. The average Bonchev–Trinajstić information content (AvgIpc) is 3.25. The number of ether oxygens (including phenoxy) is 2. The van der Waals surface area contributed by atoms with Crippen LogP contribution in [0.2, 0.25) is 0 Å². The van der Waals surface area contributed by atoms with Crippen LogP contribution in [-0.2, 0) is 4.79 Å². The van der Waals surface area contributed by atoms with Crippen molar-refractivity contribution in [1.29, 1.82) is 0 Å². The molecule has 1 aromatic carbocycles. The van der Waals surface area contributed by atoms with Crippen LogP contribution in [0.15, 0.2) is 29.6 Å². The van der Waals surface area contributed by atoms with Crippen molar-refractivity contribution in [3.8, 4) is 11.5 Å². The van der Waals surface area contributed by atoms with E-state index in [4.69, 9.17) is 9.47 Å². The first-order valence-electron chi connectivity index (χ1n) is 8.46. The second kappa shape index (κ2) is 6.48. The van der Waals surface area contributed by atoms with Crippen LogP contribution in [0, 0.1) is 0 Å². The third kappa shape index (κ3) is 2.88. The molecule has 1 aromatic heterocycles. The van der Waals surface area contributed by atoms with Crippen molar-refractivity contribution in [3.05, 3.63) is 40.1 Å². The number of carbonyl (C=O) groups excluding carboxylic acids is 1. The number of carbonyl (C=O) groups is 1. The molecule has 1 fully saturated rings. The van der Waals surface area contributed by atoms with Gasteiger partial charge in [0, 0.05) is 17.2 Å². The van der Waals surface area contributed by atoms with E-state index < -0.39 is 0 Å². The van der Waals surface area contributed by atoms with E-state index >= 15 is 0 Å². The van der Waals surface area contributed by atoms with E-state index in [1.54, 1.807) is 18.4 Å². The van der Waals surface area contributed by atoms with Crippen molar-refractivity contribution in [3.63, 3.8) is 0 Å². The predicted molar refractivity (Wildman–Crippen MR) is 95.3 cm³/mol. The molecule has 0 saturated heterocycles. The Hall–Kier alpha value is -2.01. The Bertz CT molecular complexity index is 749. The van der Waals surface area contributed by atoms with Crippen molar-refractivity contribution >= 4 is 22.9 Å². The number of rotatable bonds is 4. The Labute approximate surface area is 145 Å². The second-order valence-corrected chi connectivity index (χ2v) is 7.39. The van der Waals surface area contributed by atoms with Gasteiger partial charge in [-0.15, -0.1) is 11.3 Å². The van der Waals surface area contributed by atoms with E-state index in [-0.39, 0.29) is 17.9 Å². The number of anilines is 1. The zero-order valence-corrected chi connectivity index (χ0v) is 14.5. The second-order valence-electron chi connectivity index (χ2n) is 6.44. The Morgan fingerprint density at radius 3 is 2.79 bits per heavy atom. The summed E-state index contributed by atoms with van der Waals surface area (Å²) >= 11 is 1.69.